The molecule has 0 saturated carbocycles. The molecule has 0 spiro atoms. The van der Waals surface area contributed by atoms with Crippen LogP contribution in [-0.2, 0) is 0 Å². The van der Waals surface area contributed by atoms with E-state index in [1.807, 2.05) is 19.9 Å². The zero-order chi connectivity index (χ0) is 12.0. The third-order valence-electron chi connectivity index (χ3n) is 2.45. The van der Waals surface area contributed by atoms with E-state index in [2.05, 4.69) is 16.4 Å². The summed E-state index contributed by atoms with van der Waals surface area (Å²) in [6, 6.07) is 4.17. The highest BCUT2D eigenvalue weighted by Gasteiger charge is 2.09. The number of hydrogen-bond acceptors (Lipinski definition) is 4. The van der Waals surface area contributed by atoms with Gasteiger partial charge in [-0.05, 0) is 38.3 Å². The Morgan fingerprint density at radius 2 is 2.38 bits per heavy atom. The van der Waals surface area contributed by atoms with Crippen LogP contribution >= 0.6 is 0 Å². The predicted octanol–water partition coefficient (Wildman–Crippen LogP) is 1.83. The Morgan fingerprint density at radius 3 is 3.00 bits per heavy atom. The fourth-order valence-corrected chi connectivity index (χ4v) is 1.51. The molecule has 2 N–H and O–H groups in total. The number of hydrogen-bond donors (Lipinski definition) is 2. The number of nitrogens with zero attached hydrogens (tertiary/aromatic N) is 2. The summed E-state index contributed by atoms with van der Waals surface area (Å²) in [6.07, 6.45) is 3.30. The standard InChI is InChI=1S/C12H17N3O/c1-9-5-6-14-12(11(9)8-13)15-10(2)4-3-7-16/h5-6,10,16H,3-4,7H2,1-2H3,(H,14,15). The van der Waals surface area contributed by atoms with Crippen LogP contribution in [0, 0.1) is 18.3 Å². The monoisotopic (exact) mass is 219 g/mol. The molecule has 0 radical (unpaired) electrons. The normalized spacial score (nSPS) is 11.9. The van der Waals surface area contributed by atoms with Gasteiger partial charge in [-0.25, -0.2) is 4.98 Å². The van der Waals surface area contributed by atoms with Crippen LogP contribution in [0.1, 0.15) is 30.9 Å². The molecular weight excluding hydrogens is 202 g/mol. The molecule has 0 aliphatic rings. The summed E-state index contributed by atoms with van der Waals surface area (Å²) in [5.74, 6) is 0.632. The van der Waals surface area contributed by atoms with Gasteiger partial charge < -0.3 is 10.4 Å². The van der Waals surface area contributed by atoms with Gasteiger partial charge in [0.1, 0.15) is 11.9 Å². The molecule has 0 aliphatic carbocycles. The second kappa shape index (κ2) is 6.09. The minimum atomic E-state index is 0.193. The van der Waals surface area contributed by atoms with Gasteiger partial charge in [-0.2, -0.15) is 5.26 Å². The Morgan fingerprint density at radius 1 is 1.62 bits per heavy atom. The lowest BCUT2D eigenvalue weighted by atomic mass is 10.1. The van der Waals surface area contributed by atoms with E-state index in [0.29, 0.717) is 11.4 Å². The number of aryl methyl sites for hydroxylation is 1. The number of pyridine rings is 1. The average molecular weight is 219 g/mol. The molecule has 16 heavy (non-hydrogen) atoms. The Bertz CT molecular complexity index is 384. The molecule has 0 aliphatic heterocycles. The molecular formula is C12H17N3O. The van der Waals surface area contributed by atoms with Crippen LogP contribution in [0.2, 0.25) is 0 Å². The van der Waals surface area contributed by atoms with E-state index < -0.39 is 0 Å². The maximum atomic E-state index is 9.02. The van der Waals surface area contributed by atoms with E-state index in [1.54, 1.807) is 6.20 Å². The molecule has 86 valence electrons. The second-order valence-electron chi connectivity index (χ2n) is 3.87. The molecule has 1 atom stereocenters. The number of aliphatic hydroxyl groups is 1. The highest BCUT2D eigenvalue weighted by molar-refractivity contribution is 5.55. The summed E-state index contributed by atoms with van der Waals surface area (Å²) in [5, 5.41) is 20.9. The van der Waals surface area contributed by atoms with Crippen LogP contribution in [0.4, 0.5) is 5.82 Å². The van der Waals surface area contributed by atoms with Gasteiger partial charge in [0.05, 0.1) is 5.56 Å². The first-order valence-electron chi connectivity index (χ1n) is 5.42. The van der Waals surface area contributed by atoms with Crippen molar-refractivity contribution in [2.75, 3.05) is 11.9 Å². The fourth-order valence-electron chi connectivity index (χ4n) is 1.51. The fraction of sp³-hybridized carbons (Fsp3) is 0.500. The van der Waals surface area contributed by atoms with Crippen LogP contribution in [0.3, 0.4) is 0 Å². The van der Waals surface area contributed by atoms with E-state index in [-0.39, 0.29) is 12.6 Å². The Hall–Kier alpha value is -1.60. The molecule has 1 unspecified atom stereocenters. The van der Waals surface area contributed by atoms with Gasteiger partial charge in [-0.3, -0.25) is 0 Å². The predicted molar refractivity (Wildman–Crippen MR) is 63.1 cm³/mol. The van der Waals surface area contributed by atoms with Crippen molar-refractivity contribution in [3.63, 3.8) is 0 Å². The van der Waals surface area contributed by atoms with Crippen LogP contribution in [0.5, 0.6) is 0 Å². The van der Waals surface area contributed by atoms with Gasteiger partial charge in [0.15, 0.2) is 0 Å². The molecule has 0 amide bonds. The molecule has 1 heterocycles. The third-order valence-corrected chi connectivity index (χ3v) is 2.45. The maximum absolute atomic E-state index is 9.02. The van der Waals surface area contributed by atoms with Crippen molar-refractivity contribution in [2.24, 2.45) is 0 Å². The van der Waals surface area contributed by atoms with Crippen molar-refractivity contribution in [3.05, 3.63) is 23.4 Å². The Kier molecular flexibility index (Phi) is 4.74. The molecule has 4 heteroatoms. The van der Waals surface area contributed by atoms with Crippen molar-refractivity contribution in [1.82, 2.24) is 4.98 Å². The molecule has 1 aromatic rings. The summed E-state index contributed by atoms with van der Waals surface area (Å²) in [7, 11) is 0. The highest BCUT2D eigenvalue weighted by atomic mass is 16.2. The quantitative estimate of drug-likeness (QED) is 0.792. The molecule has 0 aromatic carbocycles. The number of aromatic nitrogens is 1. The third kappa shape index (κ3) is 3.21. The molecule has 0 saturated heterocycles. The summed E-state index contributed by atoms with van der Waals surface area (Å²) >= 11 is 0. The average Bonchev–Trinajstić information content (AvgIpc) is 2.27. The second-order valence-corrected chi connectivity index (χ2v) is 3.87. The van der Waals surface area contributed by atoms with E-state index in [9.17, 15) is 0 Å². The number of anilines is 1. The van der Waals surface area contributed by atoms with Gasteiger partial charge in [0.2, 0.25) is 0 Å². The zero-order valence-corrected chi connectivity index (χ0v) is 9.70. The van der Waals surface area contributed by atoms with Crippen molar-refractivity contribution in [3.8, 4) is 6.07 Å². The van der Waals surface area contributed by atoms with Crippen LogP contribution in [0.15, 0.2) is 12.3 Å². The van der Waals surface area contributed by atoms with Crippen molar-refractivity contribution in [2.45, 2.75) is 32.7 Å². The van der Waals surface area contributed by atoms with E-state index in [1.165, 1.54) is 0 Å². The SMILES string of the molecule is Cc1ccnc(NC(C)CCCO)c1C#N. The minimum Gasteiger partial charge on any atom is -0.396 e. The first-order chi connectivity index (χ1) is 7.69. The van der Waals surface area contributed by atoms with Gasteiger partial charge >= 0.3 is 0 Å². The van der Waals surface area contributed by atoms with E-state index in [4.69, 9.17) is 10.4 Å². The topological polar surface area (TPSA) is 68.9 Å². The van der Waals surface area contributed by atoms with Crippen LogP contribution in [0.25, 0.3) is 0 Å². The first-order valence-corrected chi connectivity index (χ1v) is 5.42. The zero-order valence-electron chi connectivity index (χ0n) is 9.70. The molecule has 1 aromatic heterocycles. The summed E-state index contributed by atoms with van der Waals surface area (Å²) in [4.78, 5) is 4.16. The van der Waals surface area contributed by atoms with Gasteiger partial charge in [-0.1, -0.05) is 0 Å². The smallest absolute Gasteiger partial charge is 0.144 e. The Balaban J connectivity index is 2.74. The van der Waals surface area contributed by atoms with E-state index >= 15 is 0 Å². The molecule has 4 nitrogen and oxygen atoms in total. The largest absolute Gasteiger partial charge is 0.396 e. The summed E-state index contributed by atoms with van der Waals surface area (Å²) in [5.41, 5.74) is 1.52. The Labute approximate surface area is 95.9 Å². The highest BCUT2D eigenvalue weighted by Crippen LogP contribution is 2.16. The van der Waals surface area contributed by atoms with Crippen molar-refractivity contribution < 1.29 is 5.11 Å². The van der Waals surface area contributed by atoms with E-state index in [0.717, 1.165) is 18.4 Å². The number of aliphatic hydroxyl groups excluding tert-OH is 1. The number of nitrogens with one attached hydrogen (secondary N) is 1. The summed E-state index contributed by atoms with van der Waals surface area (Å²) in [6.45, 7) is 4.10. The van der Waals surface area contributed by atoms with Crippen molar-refractivity contribution in [1.29, 1.82) is 5.26 Å². The van der Waals surface area contributed by atoms with Gasteiger partial charge in [0.25, 0.3) is 0 Å². The maximum Gasteiger partial charge on any atom is 0.144 e. The number of rotatable bonds is 5. The van der Waals surface area contributed by atoms with Crippen LogP contribution in [-0.4, -0.2) is 22.7 Å². The van der Waals surface area contributed by atoms with Crippen LogP contribution < -0.4 is 5.32 Å². The van der Waals surface area contributed by atoms with Gasteiger partial charge in [-0.15, -0.1) is 0 Å². The number of nitriles is 1. The first kappa shape index (κ1) is 12.5. The molecule has 0 fully saturated rings. The van der Waals surface area contributed by atoms with Crippen molar-refractivity contribution >= 4 is 5.82 Å². The minimum absolute atomic E-state index is 0.193. The lowest BCUT2D eigenvalue weighted by Gasteiger charge is -2.15. The van der Waals surface area contributed by atoms with Gasteiger partial charge in [0, 0.05) is 18.8 Å². The summed E-state index contributed by atoms with van der Waals surface area (Å²) < 4.78 is 0. The lowest BCUT2D eigenvalue weighted by Crippen LogP contribution is -2.17. The molecule has 1 rings (SSSR count). The lowest BCUT2D eigenvalue weighted by molar-refractivity contribution is 0.282. The molecule has 0 bridgehead atoms.